The summed E-state index contributed by atoms with van der Waals surface area (Å²) in [6.07, 6.45) is 7.62. The molecule has 0 bridgehead atoms. The average molecular weight is 576 g/mol. The maximum Gasteiger partial charge on any atom is 0.305 e. The zero-order valence-corrected chi connectivity index (χ0v) is 25.1. The molecule has 3 fully saturated rings. The van der Waals surface area contributed by atoms with Crippen LogP contribution in [0.5, 0.6) is 5.75 Å². The normalized spacial score (nSPS) is 26.4. The van der Waals surface area contributed by atoms with Gasteiger partial charge in [0.1, 0.15) is 5.75 Å². The molecule has 2 aliphatic carbocycles. The number of carbonyl (C=O) groups excluding carboxylic acids is 3. The van der Waals surface area contributed by atoms with Crippen LogP contribution in [-0.4, -0.2) is 74.0 Å². The molecule has 2 atom stereocenters. The summed E-state index contributed by atoms with van der Waals surface area (Å²) in [5.41, 5.74) is 1.05. The highest BCUT2D eigenvalue weighted by atomic mass is 35.5. The van der Waals surface area contributed by atoms with Gasteiger partial charge in [-0.15, -0.1) is 0 Å². The number of piperazine rings is 1. The predicted molar refractivity (Wildman–Crippen MR) is 155 cm³/mol. The summed E-state index contributed by atoms with van der Waals surface area (Å²) >= 11 is 6.26. The first-order chi connectivity index (χ1) is 19.2. The number of fused-ring (bicyclic) bond motifs is 1. The van der Waals surface area contributed by atoms with E-state index in [9.17, 15) is 14.4 Å². The second-order valence-corrected chi connectivity index (χ2v) is 12.8. The van der Waals surface area contributed by atoms with Crippen molar-refractivity contribution in [3.8, 4) is 5.75 Å². The molecule has 0 aromatic heterocycles. The highest BCUT2D eigenvalue weighted by Gasteiger charge is 2.47. The lowest BCUT2D eigenvalue weighted by molar-refractivity contribution is -0.140. The molecular formula is C31H46ClN3O5. The monoisotopic (exact) mass is 575 g/mol. The number of hydrogen-bond donors (Lipinski definition) is 1. The summed E-state index contributed by atoms with van der Waals surface area (Å²) in [5, 5.41) is 3.55. The maximum atomic E-state index is 12.9. The molecule has 1 aromatic carbocycles. The number of benzene rings is 1. The van der Waals surface area contributed by atoms with E-state index in [1.807, 2.05) is 17.0 Å². The summed E-state index contributed by atoms with van der Waals surface area (Å²) < 4.78 is 10.6. The number of nitrogens with zero attached hydrogens (tertiary/aromatic N) is 2. The van der Waals surface area contributed by atoms with Crippen LogP contribution < -0.4 is 10.1 Å². The Morgan fingerprint density at radius 2 is 1.80 bits per heavy atom. The van der Waals surface area contributed by atoms with Crippen molar-refractivity contribution in [1.29, 1.82) is 0 Å². The van der Waals surface area contributed by atoms with Crippen molar-refractivity contribution in [3.63, 3.8) is 0 Å². The third-order valence-corrected chi connectivity index (χ3v) is 9.44. The molecular weight excluding hydrogens is 530 g/mol. The van der Waals surface area contributed by atoms with Gasteiger partial charge in [-0.05, 0) is 73.5 Å². The van der Waals surface area contributed by atoms with Crippen LogP contribution in [-0.2, 0) is 25.7 Å². The Bertz CT molecular complexity index is 1030. The van der Waals surface area contributed by atoms with E-state index in [1.165, 1.54) is 26.4 Å². The van der Waals surface area contributed by atoms with Gasteiger partial charge in [0.15, 0.2) is 0 Å². The van der Waals surface area contributed by atoms with Gasteiger partial charge in [0, 0.05) is 56.2 Å². The van der Waals surface area contributed by atoms with Crippen molar-refractivity contribution < 1.29 is 23.9 Å². The Hall–Kier alpha value is -2.32. The zero-order chi connectivity index (χ0) is 28.7. The standard InChI is InChI=1S/C31H46ClN3O5/c1-4-22-14-23-17-31(2,18-24(23)15-22)19-28(36)33-20-29(37)35-11-9-34(10-12-35)21-25-16-26(32)7-8-27(25)40-13-5-6-30(38)39-3/h7-8,16,22-24H,4-6,9-15,17-21H2,1-3H3,(H,33,36). The van der Waals surface area contributed by atoms with E-state index in [2.05, 4.69) is 28.8 Å². The lowest BCUT2D eigenvalue weighted by Gasteiger charge is -2.35. The summed E-state index contributed by atoms with van der Waals surface area (Å²) in [6, 6.07) is 5.56. The van der Waals surface area contributed by atoms with Gasteiger partial charge in [-0.25, -0.2) is 0 Å². The lowest BCUT2D eigenvalue weighted by Crippen LogP contribution is -2.51. The van der Waals surface area contributed by atoms with Crippen LogP contribution in [0.4, 0.5) is 0 Å². The minimum absolute atomic E-state index is 0.00146. The molecule has 1 heterocycles. The predicted octanol–water partition coefficient (Wildman–Crippen LogP) is 4.68. The van der Waals surface area contributed by atoms with Crippen LogP contribution in [0.2, 0.25) is 5.02 Å². The summed E-state index contributed by atoms with van der Waals surface area (Å²) in [5.74, 6) is 2.91. The molecule has 4 rings (SSSR count). The fourth-order valence-corrected chi connectivity index (χ4v) is 7.30. The molecule has 9 heteroatoms. The average Bonchev–Trinajstić information content (AvgIpc) is 3.45. The van der Waals surface area contributed by atoms with Gasteiger partial charge < -0.3 is 19.7 Å². The van der Waals surface area contributed by atoms with Gasteiger partial charge in [0.2, 0.25) is 11.8 Å². The zero-order valence-electron chi connectivity index (χ0n) is 24.4. The first-order valence-corrected chi connectivity index (χ1v) is 15.3. The third kappa shape index (κ3) is 8.35. The van der Waals surface area contributed by atoms with Crippen LogP contribution in [0.25, 0.3) is 0 Å². The second kappa shape index (κ2) is 14.0. The number of carbonyl (C=O) groups is 3. The SMILES string of the molecule is CCC1CC2CC(C)(CC(=O)NCC(=O)N3CCN(Cc4cc(Cl)ccc4OCCCC(=O)OC)CC3)CC2C1. The first-order valence-electron chi connectivity index (χ1n) is 14.9. The van der Waals surface area contributed by atoms with Gasteiger partial charge in [-0.2, -0.15) is 0 Å². The Balaban J connectivity index is 1.17. The molecule has 2 amide bonds. The largest absolute Gasteiger partial charge is 0.493 e. The van der Waals surface area contributed by atoms with E-state index < -0.39 is 0 Å². The van der Waals surface area contributed by atoms with Crippen molar-refractivity contribution in [3.05, 3.63) is 28.8 Å². The highest BCUT2D eigenvalue weighted by Crippen LogP contribution is 2.56. The first kappa shape index (κ1) is 30.6. The van der Waals surface area contributed by atoms with Crippen LogP contribution in [0.15, 0.2) is 18.2 Å². The molecule has 0 spiro atoms. The van der Waals surface area contributed by atoms with E-state index in [4.69, 9.17) is 16.3 Å². The minimum atomic E-state index is -0.248. The van der Waals surface area contributed by atoms with Crippen LogP contribution >= 0.6 is 11.6 Å². The van der Waals surface area contributed by atoms with E-state index in [1.54, 1.807) is 6.07 Å². The molecule has 1 saturated heterocycles. The van der Waals surface area contributed by atoms with Crippen molar-refractivity contribution >= 4 is 29.4 Å². The summed E-state index contributed by atoms with van der Waals surface area (Å²) in [6.45, 7) is 8.38. The molecule has 0 radical (unpaired) electrons. The van der Waals surface area contributed by atoms with Crippen LogP contribution in [0, 0.1) is 23.2 Å². The highest BCUT2D eigenvalue weighted by molar-refractivity contribution is 6.30. The van der Waals surface area contributed by atoms with Crippen LogP contribution in [0.3, 0.4) is 0 Å². The number of amides is 2. The van der Waals surface area contributed by atoms with E-state index in [-0.39, 0.29) is 29.7 Å². The fourth-order valence-electron chi connectivity index (χ4n) is 7.11. The minimum Gasteiger partial charge on any atom is -0.493 e. The Labute approximate surface area is 244 Å². The lowest BCUT2D eigenvalue weighted by atomic mass is 9.81. The van der Waals surface area contributed by atoms with Gasteiger partial charge >= 0.3 is 5.97 Å². The molecule has 1 aromatic rings. The van der Waals surface area contributed by atoms with Crippen molar-refractivity contribution in [1.82, 2.24) is 15.1 Å². The second-order valence-electron chi connectivity index (χ2n) is 12.4. The van der Waals surface area contributed by atoms with E-state index >= 15 is 0 Å². The summed E-state index contributed by atoms with van der Waals surface area (Å²) in [4.78, 5) is 41.0. The number of ether oxygens (including phenoxy) is 2. The number of rotatable bonds is 12. The van der Waals surface area contributed by atoms with Crippen molar-refractivity contribution in [2.75, 3.05) is 46.4 Å². The number of nitrogens with one attached hydrogen (secondary N) is 1. The molecule has 3 aliphatic rings. The molecule has 8 nitrogen and oxygen atoms in total. The Morgan fingerprint density at radius 1 is 1.10 bits per heavy atom. The number of halogens is 1. The van der Waals surface area contributed by atoms with Gasteiger partial charge in [-0.1, -0.05) is 31.9 Å². The van der Waals surface area contributed by atoms with E-state index in [0.717, 1.165) is 55.0 Å². The maximum absolute atomic E-state index is 12.9. The quantitative estimate of drug-likeness (QED) is 0.288. The Kier molecular flexibility index (Phi) is 10.7. The molecule has 2 unspecified atom stereocenters. The fraction of sp³-hybridized carbons (Fsp3) is 0.710. The van der Waals surface area contributed by atoms with Crippen molar-refractivity contribution in [2.45, 2.75) is 71.8 Å². The van der Waals surface area contributed by atoms with E-state index in [0.29, 0.717) is 50.5 Å². The Morgan fingerprint density at radius 3 is 2.45 bits per heavy atom. The van der Waals surface area contributed by atoms with Gasteiger partial charge in [0.25, 0.3) is 0 Å². The topological polar surface area (TPSA) is 88.2 Å². The molecule has 2 saturated carbocycles. The molecule has 1 N–H and O–H groups in total. The van der Waals surface area contributed by atoms with Gasteiger partial charge in [-0.3, -0.25) is 19.3 Å². The van der Waals surface area contributed by atoms with Gasteiger partial charge in [0.05, 0.1) is 20.3 Å². The summed E-state index contributed by atoms with van der Waals surface area (Å²) in [7, 11) is 1.38. The molecule has 222 valence electrons. The number of methoxy groups -OCH3 is 1. The molecule has 40 heavy (non-hydrogen) atoms. The third-order valence-electron chi connectivity index (χ3n) is 9.20. The van der Waals surface area contributed by atoms with Crippen molar-refractivity contribution in [2.24, 2.45) is 23.2 Å². The number of esters is 1. The molecule has 1 aliphatic heterocycles. The van der Waals surface area contributed by atoms with Crippen LogP contribution in [0.1, 0.15) is 70.8 Å². The number of hydrogen-bond acceptors (Lipinski definition) is 6. The smallest absolute Gasteiger partial charge is 0.305 e.